The predicted octanol–water partition coefficient (Wildman–Crippen LogP) is 3.38. The van der Waals surface area contributed by atoms with Crippen molar-refractivity contribution in [1.82, 2.24) is 5.32 Å². The van der Waals surface area contributed by atoms with Gasteiger partial charge in [0.25, 0.3) is 0 Å². The molecule has 0 saturated heterocycles. The van der Waals surface area contributed by atoms with E-state index in [0.29, 0.717) is 19.4 Å². The van der Waals surface area contributed by atoms with Crippen LogP contribution in [0.15, 0.2) is 66.4 Å². The molecule has 4 nitrogen and oxygen atoms in total. The van der Waals surface area contributed by atoms with Crippen molar-refractivity contribution in [3.63, 3.8) is 0 Å². The van der Waals surface area contributed by atoms with Crippen LogP contribution in [-0.4, -0.2) is 18.7 Å². The van der Waals surface area contributed by atoms with E-state index in [4.69, 9.17) is 4.74 Å². The van der Waals surface area contributed by atoms with Crippen LogP contribution in [0.5, 0.6) is 5.75 Å². The van der Waals surface area contributed by atoms with Crippen molar-refractivity contribution in [2.75, 3.05) is 7.11 Å². The Labute approximate surface area is 147 Å². The second-order valence-electron chi connectivity index (χ2n) is 6.15. The average Bonchev–Trinajstić information content (AvgIpc) is 2.65. The van der Waals surface area contributed by atoms with E-state index in [-0.39, 0.29) is 23.1 Å². The molecule has 1 saturated carbocycles. The number of benzene rings is 2. The number of nitrogens with one attached hydrogen (secondary N) is 1. The highest BCUT2D eigenvalue weighted by Gasteiger charge is 2.31. The van der Waals surface area contributed by atoms with E-state index in [2.05, 4.69) is 5.32 Å². The maximum atomic E-state index is 12.4. The minimum atomic E-state index is -0.0904. The highest BCUT2D eigenvalue weighted by molar-refractivity contribution is 6.22. The fourth-order valence-corrected chi connectivity index (χ4v) is 3.03. The van der Waals surface area contributed by atoms with Crippen LogP contribution in [0.4, 0.5) is 0 Å². The summed E-state index contributed by atoms with van der Waals surface area (Å²) in [5.41, 5.74) is 2.38. The summed E-state index contributed by atoms with van der Waals surface area (Å²) in [7, 11) is 1.63. The van der Waals surface area contributed by atoms with E-state index in [1.165, 1.54) is 0 Å². The summed E-state index contributed by atoms with van der Waals surface area (Å²) in [5, 5.41) is 3.08. The van der Waals surface area contributed by atoms with Gasteiger partial charge in [0.2, 0.25) is 0 Å². The Morgan fingerprint density at radius 1 is 1.00 bits per heavy atom. The molecule has 0 spiro atoms. The minimum Gasteiger partial charge on any atom is -0.497 e. The van der Waals surface area contributed by atoms with Gasteiger partial charge in [0, 0.05) is 25.6 Å². The van der Waals surface area contributed by atoms with E-state index in [1.54, 1.807) is 13.3 Å². The highest BCUT2D eigenvalue weighted by Crippen LogP contribution is 2.31. The van der Waals surface area contributed by atoms with Crippen LogP contribution < -0.4 is 10.1 Å². The molecule has 1 N–H and O–H groups in total. The Morgan fingerprint density at radius 2 is 1.64 bits per heavy atom. The standard InChI is InChI=1S/C21H21NO3/c1-25-18-9-7-15(8-10-18)13-22-14-19-20(23)11-17(12-21(19)24)16-5-3-2-4-6-16/h2-10,14,17,22H,11-13H2,1H3. The molecule has 0 radical (unpaired) electrons. The third kappa shape index (κ3) is 4.15. The van der Waals surface area contributed by atoms with Crippen molar-refractivity contribution in [3.05, 3.63) is 77.5 Å². The van der Waals surface area contributed by atoms with Gasteiger partial charge in [-0.2, -0.15) is 0 Å². The topological polar surface area (TPSA) is 55.4 Å². The van der Waals surface area contributed by atoms with Crippen LogP contribution in [0.25, 0.3) is 0 Å². The van der Waals surface area contributed by atoms with Crippen LogP contribution >= 0.6 is 0 Å². The number of ketones is 2. The number of carbonyl (C=O) groups excluding carboxylic acids is 2. The molecule has 0 atom stereocenters. The molecule has 0 heterocycles. The molecule has 128 valence electrons. The number of Topliss-reactive ketones (excluding diaryl/α,β-unsaturated/α-hetero) is 2. The molecular formula is C21H21NO3. The Morgan fingerprint density at radius 3 is 2.24 bits per heavy atom. The van der Waals surface area contributed by atoms with Crippen molar-refractivity contribution in [3.8, 4) is 5.75 Å². The lowest BCUT2D eigenvalue weighted by Crippen LogP contribution is -2.26. The normalized spacial score (nSPS) is 17.3. The summed E-state index contributed by atoms with van der Waals surface area (Å²) in [4.78, 5) is 24.7. The summed E-state index contributed by atoms with van der Waals surface area (Å²) in [6.07, 6.45) is 2.33. The Kier molecular flexibility index (Phi) is 5.29. The number of hydrogen-bond donors (Lipinski definition) is 1. The smallest absolute Gasteiger partial charge is 0.168 e. The Hall–Kier alpha value is -2.88. The molecule has 0 amide bonds. The lowest BCUT2D eigenvalue weighted by atomic mass is 9.80. The molecule has 3 rings (SSSR count). The average molecular weight is 335 g/mol. The summed E-state index contributed by atoms with van der Waals surface area (Å²) in [6.45, 7) is 0.552. The summed E-state index contributed by atoms with van der Waals surface area (Å²) in [6, 6.07) is 17.4. The maximum Gasteiger partial charge on any atom is 0.168 e. The van der Waals surface area contributed by atoms with E-state index in [0.717, 1.165) is 16.9 Å². The molecule has 0 aromatic heterocycles. The first kappa shape index (κ1) is 17.0. The number of methoxy groups -OCH3 is 1. The van der Waals surface area contributed by atoms with Crippen LogP contribution in [0.1, 0.15) is 29.9 Å². The zero-order valence-electron chi connectivity index (χ0n) is 14.2. The molecule has 0 aliphatic heterocycles. The van der Waals surface area contributed by atoms with Gasteiger partial charge in [-0.15, -0.1) is 0 Å². The van der Waals surface area contributed by atoms with Crippen LogP contribution in [0.3, 0.4) is 0 Å². The van der Waals surface area contributed by atoms with Crippen molar-refractivity contribution in [2.45, 2.75) is 25.3 Å². The van der Waals surface area contributed by atoms with Crippen molar-refractivity contribution < 1.29 is 14.3 Å². The molecule has 4 heteroatoms. The second kappa shape index (κ2) is 7.79. The lowest BCUT2D eigenvalue weighted by Gasteiger charge is -2.22. The second-order valence-corrected chi connectivity index (χ2v) is 6.15. The van der Waals surface area contributed by atoms with E-state index >= 15 is 0 Å². The molecule has 25 heavy (non-hydrogen) atoms. The third-order valence-corrected chi connectivity index (χ3v) is 4.45. The first-order valence-electron chi connectivity index (χ1n) is 8.35. The Balaban J connectivity index is 1.61. The van der Waals surface area contributed by atoms with Gasteiger partial charge in [-0.1, -0.05) is 42.5 Å². The lowest BCUT2D eigenvalue weighted by molar-refractivity contribution is -0.124. The fraction of sp³-hybridized carbons (Fsp3) is 0.238. The van der Waals surface area contributed by atoms with Gasteiger partial charge in [0.05, 0.1) is 12.7 Å². The first-order chi connectivity index (χ1) is 12.2. The Bertz CT molecular complexity index is 759. The number of allylic oxidation sites excluding steroid dienone is 1. The van der Waals surface area contributed by atoms with Gasteiger partial charge in [0.15, 0.2) is 11.6 Å². The van der Waals surface area contributed by atoms with Gasteiger partial charge in [-0.05, 0) is 29.2 Å². The fourth-order valence-electron chi connectivity index (χ4n) is 3.03. The van der Waals surface area contributed by atoms with Crippen molar-refractivity contribution >= 4 is 11.6 Å². The molecule has 2 aromatic rings. The minimum absolute atomic E-state index is 0.0139. The largest absolute Gasteiger partial charge is 0.497 e. The van der Waals surface area contributed by atoms with Gasteiger partial charge in [-0.25, -0.2) is 0 Å². The zero-order valence-corrected chi connectivity index (χ0v) is 14.2. The van der Waals surface area contributed by atoms with Crippen LogP contribution in [0.2, 0.25) is 0 Å². The number of rotatable bonds is 5. The first-order valence-corrected chi connectivity index (χ1v) is 8.35. The van der Waals surface area contributed by atoms with Gasteiger partial charge in [0.1, 0.15) is 5.75 Å². The zero-order chi connectivity index (χ0) is 17.6. The van der Waals surface area contributed by atoms with Crippen molar-refractivity contribution in [2.24, 2.45) is 0 Å². The number of carbonyl (C=O) groups is 2. The molecule has 2 aromatic carbocycles. The molecular weight excluding hydrogens is 314 g/mol. The number of ether oxygens (including phenoxy) is 1. The van der Waals surface area contributed by atoms with Gasteiger partial charge >= 0.3 is 0 Å². The van der Waals surface area contributed by atoms with E-state index in [1.807, 2.05) is 54.6 Å². The molecule has 1 aliphatic rings. The van der Waals surface area contributed by atoms with Gasteiger partial charge < -0.3 is 10.1 Å². The molecule has 0 unspecified atom stereocenters. The summed E-state index contributed by atoms with van der Waals surface area (Å²) in [5.74, 6) is 0.603. The monoisotopic (exact) mass is 335 g/mol. The SMILES string of the molecule is COc1ccc(CNC=C2C(=O)CC(c3ccccc3)CC2=O)cc1. The predicted molar refractivity (Wildman–Crippen MR) is 96.3 cm³/mol. The summed E-state index contributed by atoms with van der Waals surface area (Å²) >= 11 is 0. The third-order valence-electron chi connectivity index (χ3n) is 4.45. The highest BCUT2D eigenvalue weighted by atomic mass is 16.5. The number of hydrogen-bond acceptors (Lipinski definition) is 4. The quantitative estimate of drug-likeness (QED) is 0.672. The van der Waals surface area contributed by atoms with Crippen molar-refractivity contribution in [1.29, 1.82) is 0 Å². The maximum absolute atomic E-state index is 12.4. The van der Waals surface area contributed by atoms with Crippen LogP contribution in [0, 0.1) is 0 Å². The molecule has 1 aliphatic carbocycles. The summed E-state index contributed by atoms with van der Waals surface area (Å²) < 4.78 is 5.12. The van der Waals surface area contributed by atoms with Gasteiger partial charge in [-0.3, -0.25) is 9.59 Å². The molecule has 0 bridgehead atoms. The van der Waals surface area contributed by atoms with Crippen LogP contribution in [-0.2, 0) is 16.1 Å². The van der Waals surface area contributed by atoms with E-state index in [9.17, 15) is 9.59 Å². The molecule has 1 fully saturated rings. The van der Waals surface area contributed by atoms with E-state index < -0.39 is 0 Å².